The Bertz CT molecular complexity index is 11.6. The van der Waals surface area contributed by atoms with E-state index in [0.29, 0.717) is 0 Å². The molecule has 1 radical (unpaired) electrons. The Hall–Kier alpha value is 3.18. The first-order valence-electron chi connectivity index (χ1n) is 0. The molecule has 0 aliphatic carbocycles. The van der Waals surface area contributed by atoms with Crippen molar-refractivity contribution in [1.29, 1.82) is 0 Å². The third-order valence-electron chi connectivity index (χ3n) is 0. The second-order valence-electron chi connectivity index (χ2n) is 0. The first kappa shape index (κ1) is 41.7. The van der Waals surface area contributed by atoms with Crippen LogP contribution in [-0.2, 0) is 54.6 Å². The van der Waals surface area contributed by atoms with E-state index in [1.807, 2.05) is 0 Å². The Morgan fingerprint density at radius 2 is 1.00 bits per heavy atom. The van der Waals surface area contributed by atoms with Gasteiger partial charge in [0.1, 0.15) is 0 Å². The fourth-order valence-corrected chi connectivity index (χ4v) is 0. The van der Waals surface area contributed by atoms with Gasteiger partial charge in [-0.15, -0.1) is 0 Å². The molecular weight excluding hydrogens is 366 g/mol. The van der Waals surface area contributed by atoms with E-state index in [2.05, 4.69) is 0 Å². The van der Waals surface area contributed by atoms with Crippen LogP contribution in [0.1, 0.15) is 0 Å². The van der Waals surface area contributed by atoms with Crippen LogP contribution in [-0.4, -0.2) is 48.7 Å². The summed E-state index contributed by atoms with van der Waals surface area (Å²) in [5, 5.41) is 0. The first-order chi connectivity index (χ1) is 0. The van der Waals surface area contributed by atoms with Gasteiger partial charge in [-0.25, -0.2) is 0 Å². The summed E-state index contributed by atoms with van der Waals surface area (Å²) in [4.78, 5) is 0. The van der Waals surface area contributed by atoms with Crippen molar-refractivity contribution in [3.05, 3.63) is 0 Å². The van der Waals surface area contributed by atoms with Gasteiger partial charge < -0.3 is 0 Å². The van der Waals surface area contributed by atoms with Gasteiger partial charge in [0, 0.05) is 54.6 Å². The molecule has 5 heavy (non-hydrogen) atoms. The van der Waals surface area contributed by atoms with E-state index < -0.39 is 0 Å². The summed E-state index contributed by atoms with van der Waals surface area (Å²) < 4.78 is 0. The molecule has 0 amide bonds. The average Bonchev–Trinajstić information content (AvgIpc) is 0. The molecule has 0 aromatic heterocycles. The van der Waals surface area contributed by atoms with Gasteiger partial charge in [0.15, 0.2) is 0 Å². The summed E-state index contributed by atoms with van der Waals surface area (Å²) in [6.07, 6.45) is 0. The predicted octanol–water partition coefficient (Wildman–Crippen LogP) is -2.38. The van der Waals surface area contributed by atoms with Crippen LogP contribution in [0, 0.1) is 0 Å². The summed E-state index contributed by atoms with van der Waals surface area (Å²) >= 11 is 0. The van der Waals surface area contributed by atoms with E-state index in [1.54, 1.807) is 0 Å². The third kappa shape index (κ3) is 19.1. The molecular formula is H6CaMnNiSiW. The van der Waals surface area contributed by atoms with E-state index in [-0.39, 0.29) is 103 Å². The molecule has 0 heterocycles. The zero-order chi connectivity index (χ0) is 0. The first-order valence-corrected chi connectivity index (χ1v) is 0. The minimum Gasteiger partial charge on any atom is -0.0149 e. The molecule has 0 N–H and O–H groups in total. The van der Waals surface area contributed by atoms with Crippen molar-refractivity contribution in [2.45, 2.75) is 0 Å². The van der Waals surface area contributed by atoms with E-state index in [1.165, 1.54) is 0 Å². The fraction of sp³-hybridized carbons (Fsp3) is 0. The van der Waals surface area contributed by atoms with Crippen molar-refractivity contribution in [2.75, 3.05) is 0 Å². The van der Waals surface area contributed by atoms with Crippen molar-refractivity contribution >= 4 is 48.7 Å². The average molecular weight is 372 g/mol. The van der Waals surface area contributed by atoms with Gasteiger partial charge in [0.25, 0.3) is 0 Å². The standard InChI is InChI=1S/Ca.Mn.Ni.H4Si.W.2H/h;;;1H4;;;. The molecule has 0 unspecified atom stereocenters. The molecule has 0 saturated carbocycles. The number of rotatable bonds is 0. The summed E-state index contributed by atoms with van der Waals surface area (Å²) in [5.74, 6) is 0. The minimum atomic E-state index is 0. The minimum absolute atomic E-state index is 0. The van der Waals surface area contributed by atoms with Crippen LogP contribution >= 0.6 is 0 Å². The van der Waals surface area contributed by atoms with Crippen LogP contribution in [0.5, 0.6) is 0 Å². The molecule has 0 nitrogen and oxygen atoms in total. The van der Waals surface area contributed by atoms with Crippen molar-refractivity contribution in [2.24, 2.45) is 0 Å². The Morgan fingerprint density at radius 1 is 1.00 bits per heavy atom. The van der Waals surface area contributed by atoms with Crippen LogP contribution in [0.4, 0.5) is 0 Å². The van der Waals surface area contributed by atoms with Gasteiger partial charge in [-0.3, -0.25) is 0 Å². The second-order valence-corrected chi connectivity index (χ2v) is 0. The molecule has 0 aliphatic rings. The molecule has 0 rings (SSSR count). The Morgan fingerprint density at radius 3 is 1.00 bits per heavy atom. The predicted molar refractivity (Wildman–Crippen MR) is 19.9 cm³/mol. The summed E-state index contributed by atoms with van der Waals surface area (Å²) in [7, 11) is 0. The maximum absolute atomic E-state index is 0. The number of hydrogen-bond donors (Lipinski definition) is 0. The number of hydrogen-bond acceptors (Lipinski definition) is 0. The van der Waals surface area contributed by atoms with Gasteiger partial charge in [0.2, 0.25) is 0 Å². The molecule has 35 valence electrons. The quantitative estimate of drug-likeness (QED) is 0.418. The molecule has 0 fully saturated rings. The molecule has 0 aromatic rings. The maximum Gasteiger partial charge on any atom is 0 e. The summed E-state index contributed by atoms with van der Waals surface area (Å²) in [6, 6.07) is 0. The van der Waals surface area contributed by atoms with Gasteiger partial charge in [-0.05, 0) is 11.0 Å². The van der Waals surface area contributed by atoms with Crippen LogP contribution in [0.2, 0.25) is 0 Å². The molecule has 0 spiro atoms. The van der Waals surface area contributed by atoms with E-state index >= 15 is 0 Å². The van der Waals surface area contributed by atoms with Gasteiger partial charge in [0.05, 0.1) is 0 Å². The SMILES string of the molecule is [CaH2].[Mn].[Ni].[SiH4].[W]. The molecule has 0 aromatic carbocycles. The molecule has 0 bridgehead atoms. The van der Waals surface area contributed by atoms with E-state index in [9.17, 15) is 0 Å². The van der Waals surface area contributed by atoms with Gasteiger partial charge in [-0.1, -0.05) is 0 Å². The van der Waals surface area contributed by atoms with Gasteiger partial charge in [-0.2, -0.15) is 0 Å². The van der Waals surface area contributed by atoms with Crippen LogP contribution < -0.4 is 0 Å². The smallest absolute Gasteiger partial charge is 0 e. The molecule has 0 atom stereocenters. The Kier molecular flexibility index (Phi) is 226. The normalized spacial score (nSPS) is 0. The van der Waals surface area contributed by atoms with Crippen LogP contribution in [0.25, 0.3) is 0 Å². The van der Waals surface area contributed by atoms with Crippen molar-refractivity contribution < 1.29 is 54.6 Å². The molecule has 0 aliphatic heterocycles. The fourth-order valence-electron chi connectivity index (χ4n) is 0. The van der Waals surface area contributed by atoms with E-state index in [4.69, 9.17) is 0 Å². The monoisotopic (exact) mass is 371 g/mol. The maximum atomic E-state index is 0. The third-order valence-corrected chi connectivity index (χ3v) is 0. The Labute approximate surface area is 101 Å². The largest absolute Gasteiger partial charge is 0.0149 e. The van der Waals surface area contributed by atoms with Crippen molar-refractivity contribution in [1.82, 2.24) is 0 Å². The zero-order valence-corrected chi connectivity index (χ0v) is 6.20. The van der Waals surface area contributed by atoms with Crippen LogP contribution in [0.3, 0.4) is 0 Å². The van der Waals surface area contributed by atoms with Crippen molar-refractivity contribution in [3.8, 4) is 0 Å². The van der Waals surface area contributed by atoms with E-state index in [0.717, 1.165) is 0 Å². The Balaban J connectivity index is 0. The second kappa shape index (κ2) is 27.1. The molecule has 5 heteroatoms. The summed E-state index contributed by atoms with van der Waals surface area (Å²) in [5.41, 5.74) is 0. The zero-order valence-electron chi connectivity index (χ0n) is 1.10. The summed E-state index contributed by atoms with van der Waals surface area (Å²) in [6.45, 7) is 0. The molecule has 0 saturated heterocycles. The van der Waals surface area contributed by atoms with Crippen molar-refractivity contribution in [3.63, 3.8) is 0 Å². The van der Waals surface area contributed by atoms with Crippen LogP contribution in [0.15, 0.2) is 0 Å². The van der Waals surface area contributed by atoms with Gasteiger partial charge >= 0.3 is 37.7 Å². The topological polar surface area (TPSA) is 0 Å².